The van der Waals surface area contributed by atoms with Gasteiger partial charge in [0.05, 0.1) is 11.4 Å². The molecule has 0 fully saturated rings. The van der Waals surface area contributed by atoms with E-state index in [1.807, 2.05) is 0 Å². The highest BCUT2D eigenvalue weighted by molar-refractivity contribution is 7.99. The predicted octanol–water partition coefficient (Wildman–Crippen LogP) is 3.32. The molecular weight excluding hydrogens is 384 g/mol. The van der Waals surface area contributed by atoms with Crippen LogP contribution in [0.1, 0.15) is 0 Å². The number of nitrogen functional groups attached to an aromatic ring is 1. The van der Waals surface area contributed by atoms with E-state index in [4.69, 9.17) is 17.4 Å². The standard InChI is InChI=1S/C16H12ClF2N5OS/c17-10-3-1-2-9(6-10)15-22-23-16(24(15)20)26-8-14(25)21-13-7-11(18)4-5-12(13)19/h1-7H,8,20H2,(H,21,25). The second-order valence-corrected chi connectivity index (χ2v) is 6.53. The van der Waals surface area contributed by atoms with Crippen LogP contribution >= 0.6 is 23.4 Å². The lowest BCUT2D eigenvalue weighted by Crippen LogP contribution is -2.17. The van der Waals surface area contributed by atoms with Gasteiger partial charge in [-0.25, -0.2) is 13.5 Å². The van der Waals surface area contributed by atoms with Crippen LogP contribution in [-0.4, -0.2) is 26.5 Å². The number of nitrogens with two attached hydrogens (primary N) is 1. The van der Waals surface area contributed by atoms with Crippen LogP contribution in [-0.2, 0) is 4.79 Å². The largest absolute Gasteiger partial charge is 0.335 e. The summed E-state index contributed by atoms with van der Waals surface area (Å²) in [6.45, 7) is 0. The molecule has 0 aliphatic carbocycles. The van der Waals surface area contributed by atoms with Crippen LogP contribution in [0.3, 0.4) is 0 Å². The van der Waals surface area contributed by atoms with Gasteiger partial charge >= 0.3 is 0 Å². The number of rotatable bonds is 5. The van der Waals surface area contributed by atoms with Gasteiger partial charge in [0.1, 0.15) is 11.6 Å². The molecule has 3 aromatic rings. The van der Waals surface area contributed by atoms with Gasteiger partial charge in [0, 0.05) is 16.7 Å². The molecule has 0 unspecified atom stereocenters. The van der Waals surface area contributed by atoms with Crippen LogP contribution in [0.4, 0.5) is 14.5 Å². The molecule has 1 aromatic heterocycles. The van der Waals surface area contributed by atoms with Crippen LogP contribution in [0.2, 0.25) is 5.02 Å². The second kappa shape index (κ2) is 7.71. The molecule has 26 heavy (non-hydrogen) atoms. The topological polar surface area (TPSA) is 85.8 Å². The Hall–Kier alpha value is -2.65. The molecule has 0 saturated carbocycles. The molecule has 0 atom stereocenters. The molecular formula is C16H12ClF2N5OS. The highest BCUT2D eigenvalue weighted by Crippen LogP contribution is 2.24. The lowest BCUT2D eigenvalue weighted by molar-refractivity contribution is -0.113. The number of nitrogens with zero attached hydrogens (tertiary/aromatic N) is 3. The van der Waals surface area contributed by atoms with Crippen molar-refractivity contribution in [1.82, 2.24) is 14.9 Å². The molecule has 134 valence electrons. The Balaban J connectivity index is 1.67. The van der Waals surface area contributed by atoms with E-state index < -0.39 is 17.5 Å². The molecule has 10 heteroatoms. The molecule has 0 saturated heterocycles. The van der Waals surface area contributed by atoms with Crippen molar-refractivity contribution in [3.8, 4) is 11.4 Å². The minimum absolute atomic E-state index is 0.110. The van der Waals surface area contributed by atoms with Crippen LogP contribution in [0.25, 0.3) is 11.4 Å². The van der Waals surface area contributed by atoms with Gasteiger partial charge in [-0.3, -0.25) is 4.79 Å². The second-order valence-electron chi connectivity index (χ2n) is 5.15. The number of nitrogens with one attached hydrogen (secondary N) is 1. The Labute approximate surface area is 156 Å². The highest BCUT2D eigenvalue weighted by Gasteiger charge is 2.15. The van der Waals surface area contributed by atoms with Gasteiger partial charge in [0.25, 0.3) is 0 Å². The molecule has 0 radical (unpaired) electrons. The van der Waals surface area contributed by atoms with Gasteiger partial charge in [-0.15, -0.1) is 10.2 Å². The van der Waals surface area contributed by atoms with Crippen molar-refractivity contribution >= 4 is 35.0 Å². The zero-order valence-corrected chi connectivity index (χ0v) is 14.7. The van der Waals surface area contributed by atoms with Crippen molar-refractivity contribution in [2.75, 3.05) is 16.9 Å². The summed E-state index contributed by atoms with van der Waals surface area (Å²) >= 11 is 6.95. The minimum Gasteiger partial charge on any atom is -0.335 e. The maximum atomic E-state index is 13.5. The maximum Gasteiger partial charge on any atom is 0.234 e. The van der Waals surface area contributed by atoms with Gasteiger partial charge in [0.15, 0.2) is 5.82 Å². The first-order chi connectivity index (χ1) is 12.4. The van der Waals surface area contributed by atoms with Crippen LogP contribution in [0, 0.1) is 11.6 Å². The van der Waals surface area contributed by atoms with Gasteiger partial charge in [0.2, 0.25) is 11.1 Å². The maximum absolute atomic E-state index is 13.5. The van der Waals surface area contributed by atoms with Crippen LogP contribution in [0.5, 0.6) is 0 Å². The summed E-state index contributed by atoms with van der Waals surface area (Å²) in [4.78, 5) is 11.9. The number of carbonyl (C=O) groups excluding carboxylic acids is 1. The van der Waals surface area contributed by atoms with E-state index in [-0.39, 0.29) is 16.6 Å². The molecule has 6 nitrogen and oxygen atoms in total. The van der Waals surface area contributed by atoms with E-state index in [1.165, 1.54) is 4.68 Å². The third-order valence-electron chi connectivity index (χ3n) is 3.28. The van der Waals surface area contributed by atoms with E-state index >= 15 is 0 Å². The van der Waals surface area contributed by atoms with E-state index in [9.17, 15) is 13.6 Å². The Kier molecular flexibility index (Phi) is 5.38. The number of halogens is 3. The normalized spacial score (nSPS) is 10.7. The fourth-order valence-corrected chi connectivity index (χ4v) is 2.96. The first kappa shape index (κ1) is 18.2. The number of thioether (sulfide) groups is 1. The molecule has 0 aliphatic rings. The zero-order valence-electron chi connectivity index (χ0n) is 13.1. The van der Waals surface area contributed by atoms with Gasteiger partial charge in [-0.1, -0.05) is 35.5 Å². The molecule has 0 spiro atoms. The third-order valence-corrected chi connectivity index (χ3v) is 4.46. The van der Waals surface area contributed by atoms with Crippen molar-refractivity contribution in [2.45, 2.75) is 5.16 Å². The van der Waals surface area contributed by atoms with Gasteiger partial charge < -0.3 is 11.2 Å². The van der Waals surface area contributed by atoms with E-state index in [0.717, 1.165) is 30.0 Å². The summed E-state index contributed by atoms with van der Waals surface area (Å²) < 4.78 is 27.9. The molecule has 3 rings (SSSR count). The lowest BCUT2D eigenvalue weighted by Gasteiger charge is -2.06. The average Bonchev–Trinajstić information content (AvgIpc) is 2.97. The number of aromatic nitrogens is 3. The summed E-state index contributed by atoms with van der Waals surface area (Å²) in [5.41, 5.74) is 0.440. The summed E-state index contributed by atoms with van der Waals surface area (Å²) in [5, 5.41) is 11.0. The third kappa shape index (κ3) is 4.12. The van der Waals surface area contributed by atoms with Gasteiger partial charge in [-0.05, 0) is 24.3 Å². The fourth-order valence-electron chi connectivity index (χ4n) is 2.11. The predicted molar refractivity (Wildman–Crippen MR) is 96.3 cm³/mol. The van der Waals surface area contributed by atoms with Crippen LogP contribution < -0.4 is 11.2 Å². The van der Waals surface area contributed by atoms with Gasteiger partial charge in [-0.2, -0.15) is 0 Å². The number of carbonyl (C=O) groups is 1. The average molecular weight is 396 g/mol. The van der Waals surface area contributed by atoms with E-state index in [0.29, 0.717) is 16.4 Å². The van der Waals surface area contributed by atoms with Crippen molar-refractivity contribution in [3.63, 3.8) is 0 Å². The van der Waals surface area contributed by atoms with Crippen molar-refractivity contribution < 1.29 is 13.6 Å². The van der Waals surface area contributed by atoms with E-state index in [2.05, 4.69) is 15.5 Å². The van der Waals surface area contributed by atoms with Crippen molar-refractivity contribution in [3.05, 3.63) is 59.1 Å². The Morgan fingerprint density at radius 3 is 2.81 bits per heavy atom. The number of benzene rings is 2. The van der Waals surface area contributed by atoms with Crippen molar-refractivity contribution in [2.24, 2.45) is 0 Å². The monoisotopic (exact) mass is 395 g/mol. The minimum atomic E-state index is -0.727. The molecule has 1 heterocycles. The summed E-state index contributed by atoms with van der Waals surface area (Å²) in [6.07, 6.45) is 0. The van der Waals surface area contributed by atoms with Crippen LogP contribution in [0.15, 0.2) is 47.6 Å². The molecule has 3 N–H and O–H groups in total. The zero-order chi connectivity index (χ0) is 18.7. The Bertz CT molecular complexity index is 966. The molecule has 1 amide bonds. The van der Waals surface area contributed by atoms with E-state index in [1.54, 1.807) is 24.3 Å². The summed E-state index contributed by atoms with van der Waals surface area (Å²) in [7, 11) is 0. The molecule has 2 aromatic carbocycles. The summed E-state index contributed by atoms with van der Waals surface area (Å²) in [5.74, 6) is 4.31. The SMILES string of the molecule is Nn1c(SCC(=O)Nc2cc(F)ccc2F)nnc1-c1cccc(Cl)c1. The Morgan fingerprint density at radius 2 is 2.04 bits per heavy atom. The first-order valence-corrected chi connectivity index (χ1v) is 8.64. The highest BCUT2D eigenvalue weighted by atomic mass is 35.5. The lowest BCUT2D eigenvalue weighted by atomic mass is 10.2. The number of hydrogen-bond acceptors (Lipinski definition) is 5. The first-order valence-electron chi connectivity index (χ1n) is 7.28. The smallest absolute Gasteiger partial charge is 0.234 e. The Morgan fingerprint density at radius 1 is 1.23 bits per heavy atom. The number of hydrogen-bond donors (Lipinski definition) is 2. The summed E-state index contributed by atoms with van der Waals surface area (Å²) in [6, 6.07) is 9.73. The number of amides is 1. The fraction of sp³-hybridized carbons (Fsp3) is 0.0625. The number of anilines is 1. The molecule has 0 aliphatic heterocycles. The molecule has 0 bridgehead atoms. The van der Waals surface area contributed by atoms with Crippen molar-refractivity contribution in [1.29, 1.82) is 0 Å². The quantitative estimate of drug-likeness (QED) is 0.511.